The zero-order valence-corrected chi connectivity index (χ0v) is 15.0. The van der Waals surface area contributed by atoms with Crippen molar-refractivity contribution in [1.82, 2.24) is 10.2 Å². The highest BCUT2D eigenvalue weighted by Gasteiger charge is 2.49. The van der Waals surface area contributed by atoms with Crippen LogP contribution in [0.2, 0.25) is 5.02 Å². The van der Waals surface area contributed by atoms with Crippen molar-refractivity contribution in [1.29, 1.82) is 0 Å². The van der Waals surface area contributed by atoms with Crippen molar-refractivity contribution in [2.75, 3.05) is 0 Å². The van der Waals surface area contributed by atoms with Crippen molar-refractivity contribution in [3.63, 3.8) is 0 Å². The molecule has 1 heterocycles. The van der Waals surface area contributed by atoms with Gasteiger partial charge in [0.25, 0.3) is 5.91 Å². The first-order chi connectivity index (χ1) is 11.3. The molecule has 124 valence electrons. The van der Waals surface area contributed by atoms with E-state index in [0.717, 1.165) is 4.90 Å². The molecule has 3 amide bonds. The molecular formula is C17H13BrClFN2O2. The number of rotatable bonds is 3. The highest BCUT2D eigenvalue weighted by molar-refractivity contribution is 9.10. The van der Waals surface area contributed by atoms with Gasteiger partial charge in [-0.05, 0) is 25.1 Å². The van der Waals surface area contributed by atoms with Crippen molar-refractivity contribution in [3.8, 4) is 0 Å². The van der Waals surface area contributed by atoms with Gasteiger partial charge in [-0.2, -0.15) is 0 Å². The summed E-state index contributed by atoms with van der Waals surface area (Å²) in [7, 11) is 0. The van der Waals surface area contributed by atoms with Crippen LogP contribution in [-0.4, -0.2) is 16.8 Å². The Hall–Kier alpha value is -1.92. The van der Waals surface area contributed by atoms with Gasteiger partial charge in [0.2, 0.25) is 0 Å². The molecule has 1 saturated heterocycles. The quantitative estimate of drug-likeness (QED) is 0.769. The topological polar surface area (TPSA) is 49.4 Å². The molecule has 0 spiro atoms. The maximum Gasteiger partial charge on any atom is 0.325 e. The average molecular weight is 412 g/mol. The molecule has 0 aromatic heterocycles. The monoisotopic (exact) mass is 410 g/mol. The number of imide groups is 1. The molecule has 2 aromatic carbocycles. The van der Waals surface area contributed by atoms with Gasteiger partial charge in [0, 0.05) is 20.6 Å². The Balaban J connectivity index is 1.97. The summed E-state index contributed by atoms with van der Waals surface area (Å²) >= 11 is 9.40. The van der Waals surface area contributed by atoms with E-state index in [2.05, 4.69) is 21.2 Å². The Bertz CT molecular complexity index is 825. The van der Waals surface area contributed by atoms with Crippen LogP contribution in [0.3, 0.4) is 0 Å². The lowest BCUT2D eigenvalue weighted by Gasteiger charge is -2.23. The lowest BCUT2D eigenvalue weighted by Crippen LogP contribution is -2.41. The van der Waals surface area contributed by atoms with Gasteiger partial charge in [0.05, 0.1) is 6.54 Å². The van der Waals surface area contributed by atoms with Crippen molar-refractivity contribution >= 4 is 39.5 Å². The second-order valence-corrected chi connectivity index (χ2v) is 6.89. The zero-order chi connectivity index (χ0) is 17.5. The molecule has 0 saturated carbocycles. The Labute approximate surface area is 151 Å². The van der Waals surface area contributed by atoms with Gasteiger partial charge in [0.15, 0.2) is 0 Å². The maximum atomic E-state index is 14.0. The van der Waals surface area contributed by atoms with E-state index in [0.29, 0.717) is 10.0 Å². The van der Waals surface area contributed by atoms with E-state index in [1.807, 2.05) is 6.07 Å². The van der Waals surface area contributed by atoms with E-state index in [1.54, 1.807) is 25.1 Å². The van der Waals surface area contributed by atoms with Crippen LogP contribution in [0.4, 0.5) is 9.18 Å². The predicted molar refractivity (Wildman–Crippen MR) is 92.0 cm³/mol. The summed E-state index contributed by atoms with van der Waals surface area (Å²) in [5.74, 6) is -1.02. The zero-order valence-electron chi connectivity index (χ0n) is 12.6. The number of halogens is 3. The predicted octanol–water partition coefficient (Wildman–Crippen LogP) is 4.21. The molecular weight excluding hydrogens is 399 g/mol. The molecule has 0 radical (unpaired) electrons. The lowest BCUT2D eigenvalue weighted by atomic mass is 9.92. The Morgan fingerprint density at radius 3 is 2.58 bits per heavy atom. The molecule has 0 aliphatic carbocycles. The van der Waals surface area contributed by atoms with Gasteiger partial charge < -0.3 is 5.32 Å². The molecule has 24 heavy (non-hydrogen) atoms. The van der Waals surface area contributed by atoms with Crippen molar-refractivity contribution < 1.29 is 14.0 Å². The fraction of sp³-hybridized carbons (Fsp3) is 0.176. The molecule has 0 bridgehead atoms. The van der Waals surface area contributed by atoms with Gasteiger partial charge in [-0.25, -0.2) is 9.18 Å². The van der Waals surface area contributed by atoms with Gasteiger partial charge in [-0.1, -0.05) is 51.8 Å². The van der Waals surface area contributed by atoms with Crippen LogP contribution in [-0.2, 0) is 16.9 Å². The standard InChI is InChI=1S/C17H13BrClFN2O2/c1-17(11-5-2-3-6-12(11)18)15(23)22(16(24)21-17)9-10-13(19)7-4-8-14(10)20/h2-8H,9H2,1H3,(H,21,24)/t17-/m1/s1. The van der Waals surface area contributed by atoms with Crippen LogP contribution in [0.25, 0.3) is 0 Å². The third kappa shape index (κ3) is 2.70. The number of nitrogens with one attached hydrogen (secondary N) is 1. The summed E-state index contributed by atoms with van der Waals surface area (Å²) in [6.07, 6.45) is 0. The van der Waals surface area contributed by atoms with Crippen molar-refractivity contribution in [2.24, 2.45) is 0 Å². The van der Waals surface area contributed by atoms with Gasteiger partial charge >= 0.3 is 6.03 Å². The lowest BCUT2D eigenvalue weighted by molar-refractivity contribution is -0.131. The Kier molecular flexibility index (Phi) is 4.36. The van der Waals surface area contributed by atoms with E-state index < -0.39 is 23.3 Å². The first-order valence-electron chi connectivity index (χ1n) is 7.16. The number of benzene rings is 2. The molecule has 1 fully saturated rings. The number of hydrogen-bond acceptors (Lipinski definition) is 2. The molecule has 2 aromatic rings. The molecule has 1 aliphatic heterocycles. The maximum absolute atomic E-state index is 14.0. The molecule has 7 heteroatoms. The molecule has 1 N–H and O–H groups in total. The summed E-state index contributed by atoms with van der Waals surface area (Å²) < 4.78 is 14.7. The Morgan fingerprint density at radius 2 is 1.92 bits per heavy atom. The second-order valence-electron chi connectivity index (χ2n) is 5.63. The number of carbonyl (C=O) groups excluding carboxylic acids is 2. The number of urea groups is 1. The molecule has 1 atom stereocenters. The number of amides is 3. The van der Waals surface area contributed by atoms with E-state index in [9.17, 15) is 14.0 Å². The van der Waals surface area contributed by atoms with Gasteiger partial charge in [-0.3, -0.25) is 9.69 Å². The normalized spacial score (nSPS) is 20.4. The van der Waals surface area contributed by atoms with Crippen molar-refractivity contribution in [3.05, 3.63) is 68.9 Å². The van der Waals surface area contributed by atoms with E-state index in [1.165, 1.54) is 18.2 Å². The van der Waals surface area contributed by atoms with Gasteiger partial charge in [-0.15, -0.1) is 0 Å². The van der Waals surface area contributed by atoms with Crippen LogP contribution in [0.5, 0.6) is 0 Å². The fourth-order valence-electron chi connectivity index (χ4n) is 2.73. The van der Waals surface area contributed by atoms with Gasteiger partial charge in [0.1, 0.15) is 11.4 Å². The summed E-state index contributed by atoms with van der Waals surface area (Å²) in [5, 5.41) is 2.86. The fourth-order valence-corrected chi connectivity index (χ4v) is 3.64. The van der Waals surface area contributed by atoms with E-state index in [4.69, 9.17) is 11.6 Å². The molecule has 0 unspecified atom stereocenters. The SMILES string of the molecule is C[C@]1(c2ccccc2Br)NC(=O)N(Cc2c(F)cccc2Cl)C1=O. The van der Waals surface area contributed by atoms with Crippen LogP contribution in [0.1, 0.15) is 18.1 Å². The molecule has 4 nitrogen and oxygen atoms in total. The average Bonchev–Trinajstić information content (AvgIpc) is 2.75. The smallest absolute Gasteiger partial charge is 0.319 e. The third-order valence-corrected chi connectivity index (χ3v) is 5.11. The van der Waals surface area contributed by atoms with E-state index >= 15 is 0 Å². The number of carbonyl (C=O) groups is 2. The van der Waals surface area contributed by atoms with Crippen LogP contribution in [0.15, 0.2) is 46.9 Å². The number of nitrogens with zero attached hydrogens (tertiary/aromatic N) is 1. The largest absolute Gasteiger partial charge is 0.325 e. The Morgan fingerprint density at radius 1 is 1.21 bits per heavy atom. The summed E-state index contributed by atoms with van der Waals surface area (Å²) in [6, 6.07) is 10.8. The summed E-state index contributed by atoms with van der Waals surface area (Å²) in [6.45, 7) is 1.40. The van der Waals surface area contributed by atoms with Crippen molar-refractivity contribution in [2.45, 2.75) is 19.0 Å². The molecule has 1 aliphatic rings. The van der Waals surface area contributed by atoms with Crippen LogP contribution < -0.4 is 5.32 Å². The second kappa shape index (κ2) is 6.18. The number of hydrogen-bond donors (Lipinski definition) is 1. The summed E-state index contributed by atoms with van der Waals surface area (Å²) in [4.78, 5) is 26.2. The minimum absolute atomic E-state index is 0.110. The highest BCUT2D eigenvalue weighted by Crippen LogP contribution is 2.34. The highest BCUT2D eigenvalue weighted by atomic mass is 79.9. The minimum atomic E-state index is -1.23. The van der Waals surface area contributed by atoms with E-state index in [-0.39, 0.29) is 17.1 Å². The molecule has 3 rings (SSSR count). The minimum Gasteiger partial charge on any atom is -0.319 e. The third-order valence-electron chi connectivity index (χ3n) is 4.07. The van der Waals surface area contributed by atoms with Crippen LogP contribution >= 0.6 is 27.5 Å². The first kappa shape index (κ1) is 16.9. The first-order valence-corrected chi connectivity index (χ1v) is 8.33. The summed E-state index contributed by atoms with van der Waals surface area (Å²) in [5.41, 5.74) is -0.487. The van der Waals surface area contributed by atoms with Crippen LogP contribution in [0, 0.1) is 5.82 Å².